The minimum atomic E-state index is -1.75. The van der Waals surface area contributed by atoms with Gasteiger partial charge in [-0.15, -0.1) is 0 Å². The van der Waals surface area contributed by atoms with Crippen LogP contribution in [0.2, 0.25) is 0 Å². The molecule has 0 aliphatic heterocycles. The van der Waals surface area contributed by atoms with Crippen molar-refractivity contribution in [1.29, 1.82) is 0 Å². The lowest BCUT2D eigenvalue weighted by Gasteiger charge is -2.12. The molecular weight excluding hydrogens is 343 g/mol. The summed E-state index contributed by atoms with van der Waals surface area (Å²) in [4.78, 5) is 25.4. The molecule has 2 amide bonds. The van der Waals surface area contributed by atoms with Gasteiger partial charge in [-0.1, -0.05) is 42.5 Å². The van der Waals surface area contributed by atoms with Crippen LogP contribution in [0.1, 0.15) is 20.7 Å². The monoisotopic (exact) mass is 360 g/mol. The highest BCUT2D eigenvalue weighted by Crippen LogP contribution is 2.15. The van der Waals surface area contributed by atoms with Gasteiger partial charge in [-0.3, -0.25) is 9.59 Å². The van der Waals surface area contributed by atoms with Crippen molar-refractivity contribution in [2.45, 2.75) is 0 Å². The zero-order valence-corrected chi connectivity index (χ0v) is 14.3. The molecule has 3 rings (SSSR count). The lowest BCUT2D eigenvalue weighted by molar-refractivity contribution is 0.0990. The number of para-hydroxylation sites is 2. The quantitative estimate of drug-likeness (QED) is 0.522. The van der Waals surface area contributed by atoms with E-state index in [4.69, 9.17) is 0 Å². The summed E-state index contributed by atoms with van der Waals surface area (Å²) in [5, 5.41) is 24.2. The number of carbonyl (C=O) groups is 2. The van der Waals surface area contributed by atoms with E-state index in [1.54, 1.807) is 48.5 Å². The molecule has 0 unspecified atom stereocenters. The third kappa shape index (κ3) is 4.61. The Bertz CT molecular complexity index is 947. The fraction of sp³-hybridized carbons (Fsp3) is 0. The summed E-state index contributed by atoms with van der Waals surface area (Å²) in [7, 11) is -1.75. The van der Waals surface area contributed by atoms with Crippen LogP contribution in [-0.4, -0.2) is 29.0 Å². The van der Waals surface area contributed by atoms with Crippen molar-refractivity contribution in [3.63, 3.8) is 0 Å². The minimum Gasteiger partial charge on any atom is -0.423 e. The molecule has 0 aliphatic rings. The number of rotatable bonds is 5. The van der Waals surface area contributed by atoms with Crippen LogP contribution < -0.4 is 16.1 Å². The Balaban J connectivity index is 1.93. The van der Waals surface area contributed by atoms with E-state index >= 15 is 0 Å². The third-order valence-electron chi connectivity index (χ3n) is 3.89. The van der Waals surface area contributed by atoms with Crippen LogP contribution in [0.25, 0.3) is 0 Å². The molecule has 3 aromatic rings. The van der Waals surface area contributed by atoms with Crippen LogP contribution in [0.4, 0.5) is 11.4 Å². The molecule has 0 heterocycles. The van der Waals surface area contributed by atoms with Crippen molar-refractivity contribution in [3.05, 3.63) is 90.0 Å². The number of amides is 2. The van der Waals surface area contributed by atoms with Gasteiger partial charge >= 0.3 is 7.12 Å². The van der Waals surface area contributed by atoms with Gasteiger partial charge in [0, 0.05) is 11.4 Å². The topological polar surface area (TPSA) is 98.7 Å². The fourth-order valence-corrected chi connectivity index (χ4v) is 2.55. The molecule has 0 bridgehead atoms. The summed E-state index contributed by atoms with van der Waals surface area (Å²) in [6.45, 7) is 0. The van der Waals surface area contributed by atoms with Crippen molar-refractivity contribution in [1.82, 2.24) is 0 Å². The predicted octanol–water partition coefficient (Wildman–Crippen LogP) is 1.87. The second-order valence-electron chi connectivity index (χ2n) is 5.82. The first-order valence-corrected chi connectivity index (χ1v) is 8.27. The molecule has 0 aromatic heterocycles. The molecule has 0 radical (unpaired) electrons. The van der Waals surface area contributed by atoms with Crippen LogP contribution >= 0.6 is 0 Å². The summed E-state index contributed by atoms with van der Waals surface area (Å²) in [6.07, 6.45) is 0. The lowest BCUT2D eigenvalue weighted by atomic mass is 9.78. The molecule has 27 heavy (non-hydrogen) atoms. The SMILES string of the molecule is O=C(Nc1ccccc1)c1ccc(B(O)O)cc1C(=O)Nc1ccccc1. The second-order valence-corrected chi connectivity index (χ2v) is 5.82. The Morgan fingerprint density at radius 3 is 1.63 bits per heavy atom. The number of anilines is 2. The summed E-state index contributed by atoms with van der Waals surface area (Å²) in [5.41, 5.74) is 1.43. The van der Waals surface area contributed by atoms with Gasteiger partial charge in [0.05, 0.1) is 11.1 Å². The van der Waals surface area contributed by atoms with E-state index in [9.17, 15) is 19.6 Å². The van der Waals surface area contributed by atoms with E-state index in [1.165, 1.54) is 18.2 Å². The van der Waals surface area contributed by atoms with E-state index in [1.807, 2.05) is 12.1 Å². The summed E-state index contributed by atoms with van der Waals surface area (Å²) in [6, 6.07) is 21.7. The first-order valence-electron chi connectivity index (χ1n) is 8.27. The van der Waals surface area contributed by atoms with Gasteiger partial charge in [-0.05, 0) is 41.9 Å². The molecule has 0 aliphatic carbocycles. The number of nitrogens with one attached hydrogen (secondary N) is 2. The number of carbonyl (C=O) groups excluding carboxylic acids is 2. The Hall–Kier alpha value is -3.42. The first kappa shape index (κ1) is 18.4. The van der Waals surface area contributed by atoms with Gasteiger partial charge in [-0.25, -0.2) is 0 Å². The van der Waals surface area contributed by atoms with Crippen molar-refractivity contribution >= 4 is 35.8 Å². The van der Waals surface area contributed by atoms with E-state index in [0.717, 1.165) is 0 Å². The van der Waals surface area contributed by atoms with E-state index in [-0.39, 0.29) is 16.6 Å². The largest absolute Gasteiger partial charge is 0.488 e. The molecule has 0 spiro atoms. The van der Waals surface area contributed by atoms with E-state index < -0.39 is 18.9 Å². The molecule has 4 N–H and O–H groups in total. The average molecular weight is 360 g/mol. The Labute approximate surface area is 156 Å². The average Bonchev–Trinajstić information content (AvgIpc) is 2.69. The molecule has 0 saturated heterocycles. The standard InChI is InChI=1S/C20H17BN2O4/c24-19(22-15-7-3-1-4-8-15)17-12-11-14(21(26)27)13-18(17)20(25)23-16-9-5-2-6-10-16/h1-13,26-27H,(H,22,24)(H,23,25). The highest BCUT2D eigenvalue weighted by atomic mass is 16.4. The molecule has 3 aromatic carbocycles. The fourth-order valence-electron chi connectivity index (χ4n) is 2.55. The second kappa shape index (κ2) is 8.31. The zero-order chi connectivity index (χ0) is 19.2. The maximum absolute atomic E-state index is 12.7. The molecular formula is C20H17BN2O4. The zero-order valence-electron chi connectivity index (χ0n) is 14.3. The molecule has 0 fully saturated rings. The van der Waals surface area contributed by atoms with Crippen LogP contribution in [0.5, 0.6) is 0 Å². The van der Waals surface area contributed by atoms with E-state index in [0.29, 0.717) is 11.4 Å². The maximum atomic E-state index is 12.7. The third-order valence-corrected chi connectivity index (χ3v) is 3.89. The van der Waals surface area contributed by atoms with Crippen molar-refractivity contribution in [2.24, 2.45) is 0 Å². The van der Waals surface area contributed by atoms with Gasteiger partial charge in [0.15, 0.2) is 0 Å². The Morgan fingerprint density at radius 2 is 1.15 bits per heavy atom. The van der Waals surface area contributed by atoms with Gasteiger partial charge in [-0.2, -0.15) is 0 Å². The van der Waals surface area contributed by atoms with Crippen LogP contribution in [0.3, 0.4) is 0 Å². The Kier molecular flexibility index (Phi) is 5.66. The molecule has 6 nitrogen and oxygen atoms in total. The van der Waals surface area contributed by atoms with Crippen molar-refractivity contribution in [3.8, 4) is 0 Å². The Morgan fingerprint density at radius 1 is 0.667 bits per heavy atom. The van der Waals surface area contributed by atoms with E-state index in [2.05, 4.69) is 10.6 Å². The van der Waals surface area contributed by atoms with Crippen molar-refractivity contribution in [2.75, 3.05) is 10.6 Å². The van der Waals surface area contributed by atoms with Crippen LogP contribution in [0, 0.1) is 0 Å². The predicted molar refractivity (Wildman–Crippen MR) is 105 cm³/mol. The smallest absolute Gasteiger partial charge is 0.423 e. The van der Waals surface area contributed by atoms with Crippen LogP contribution in [-0.2, 0) is 0 Å². The summed E-state index contributed by atoms with van der Waals surface area (Å²) < 4.78 is 0. The lowest BCUT2D eigenvalue weighted by Crippen LogP contribution is -2.32. The highest BCUT2D eigenvalue weighted by Gasteiger charge is 2.21. The van der Waals surface area contributed by atoms with Gasteiger partial charge in [0.1, 0.15) is 0 Å². The minimum absolute atomic E-state index is 0.0397. The molecule has 0 atom stereocenters. The van der Waals surface area contributed by atoms with Crippen LogP contribution in [0.15, 0.2) is 78.9 Å². The molecule has 134 valence electrons. The maximum Gasteiger partial charge on any atom is 0.488 e. The summed E-state index contributed by atoms with van der Waals surface area (Å²) >= 11 is 0. The molecule has 7 heteroatoms. The number of hydrogen-bond donors (Lipinski definition) is 4. The summed E-state index contributed by atoms with van der Waals surface area (Å²) in [5.74, 6) is -1.000. The normalized spacial score (nSPS) is 10.1. The first-order chi connectivity index (χ1) is 13.0. The molecule has 0 saturated carbocycles. The van der Waals surface area contributed by atoms with Gasteiger partial charge in [0.25, 0.3) is 11.8 Å². The highest BCUT2D eigenvalue weighted by molar-refractivity contribution is 6.58. The van der Waals surface area contributed by atoms with Gasteiger partial charge < -0.3 is 20.7 Å². The number of hydrogen-bond acceptors (Lipinski definition) is 4. The number of benzene rings is 3. The van der Waals surface area contributed by atoms with Gasteiger partial charge in [0.2, 0.25) is 0 Å². The van der Waals surface area contributed by atoms with Crippen molar-refractivity contribution < 1.29 is 19.6 Å².